The van der Waals surface area contributed by atoms with Crippen LogP contribution < -0.4 is 0 Å². The SMILES string of the molecule is CCCCOCCCN1CCN(Cc2ccc(C(C)CCC)cc2)CC1. The van der Waals surface area contributed by atoms with Gasteiger partial charge in [0, 0.05) is 52.5 Å². The lowest BCUT2D eigenvalue weighted by Crippen LogP contribution is -2.46. The maximum Gasteiger partial charge on any atom is 0.0478 e. The Labute approximate surface area is 161 Å². The molecular formula is C23H40N2O. The van der Waals surface area contributed by atoms with E-state index >= 15 is 0 Å². The predicted molar refractivity (Wildman–Crippen MR) is 112 cm³/mol. The van der Waals surface area contributed by atoms with Crippen molar-refractivity contribution in [2.24, 2.45) is 0 Å². The van der Waals surface area contributed by atoms with Gasteiger partial charge in [-0.1, -0.05) is 57.9 Å². The molecule has 0 bridgehead atoms. The Morgan fingerprint density at radius 1 is 0.885 bits per heavy atom. The first-order valence-electron chi connectivity index (χ1n) is 10.8. The van der Waals surface area contributed by atoms with Crippen LogP contribution >= 0.6 is 0 Å². The third kappa shape index (κ3) is 7.77. The minimum absolute atomic E-state index is 0.684. The first kappa shape index (κ1) is 21.4. The highest BCUT2D eigenvalue weighted by atomic mass is 16.5. The molecule has 1 atom stereocenters. The molecule has 1 unspecified atom stereocenters. The highest BCUT2D eigenvalue weighted by Crippen LogP contribution is 2.21. The van der Waals surface area contributed by atoms with Crippen molar-refractivity contribution in [2.45, 2.75) is 65.3 Å². The third-order valence-corrected chi connectivity index (χ3v) is 5.55. The van der Waals surface area contributed by atoms with Gasteiger partial charge in [0.15, 0.2) is 0 Å². The molecule has 1 saturated heterocycles. The lowest BCUT2D eigenvalue weighted by atomic mass is 9.95. The van der Waals surface area contributed by atoms with Crippen LogP contribution in [-0.2, 0) is 11.3 Å². The molecule has 0 aromatic heterocycles. The van der Waals surface area contributed by atoms with E-state index in [1.807, 2.05) is 0 Å². The fourth-order valence-corrected chi connectivity index (χ4v) is 3.72. The maximum absolute atomic E-state index is 5.67. The Balaban J connectivity index is 1.62. The van der Waals surface area contributed by atoms with Gasteiger partial charge in [0.2, 0.25) is 0 Å². The van der Waals surface area contributed by atoms with E-state index in [4.69, 9.17) is 4.74 Å². The van der Waals surface area contributed by atoms with Crippen LogP contribution in [0.3, 0.4) is 0 Å². The molecule has 1 heterocycles. The van der Waals surface area contributed by atoms with Crippen LogP contribution in [0.1, 0.15) is 69.9 Å². The third-order valence-electron chi connectivity index (χ3n) is 5.55. The fourth-order valence-electron chi connectivity index (χ4n) is 3.72. The van der Waals surface area contributed by atoms with Crippen molar-refractivity contribution in [3.8, 4) is 0 Å². The van der Waals surface area contributed by atoms with Crippen LogP contribution in [0.4, 0.5) is 0 Å². The number of benzene rings is 1. The molecule has 3 heteroatoms. The van der Waals surface area contributed by atoms with Crippen molar-refractivity contribution in [3.05, 3.63) is 35.4 Å². The maximum atomic E-state index is 5.67. The van der Waals surface area contributed by atoms with E-state index in [9.17, 15) is 0 Å². The summed E-state index contributed by atoms with van der Waals surface area (Å²) in [4.78, 5) is 5.19. The monoisotopic (exact) mass is 360 g/mol. The van der Waals surface area contributed by atoms with Gasteiger partial charge in [0.1, 0.15) is 0 Å². The average molecular weight is 361 g/mol. The molecule has 0 spiro atoms. The van der Waals surface area contributed by atoms with Crippen molar-refractivity contribution in [3.63, 3.8) is 0 Å². The van der Waals surface area contributed by atoms with Gasteiger partial charge in [-0.25, -0.2) is 0 Å². The van der Waals surface area contributed by atoms with Gasteiger partial charge in [0.25, 0.3) is 0 Å². The summed E-state index contributed by atoms with van der Waals surface area (Å²) in [5.41, 5.74) is 2.94. The van der Waals surface area contributed by atoms with Gasteiger partial charge in [-0.3, -0.25) is 4.90 Å². The van der Waals surface area contributed by atoms with Gasteiger partial charge in [-0.2, -0.15) is 0 Å². The summed E-state index contributed by atoms with van der Waals surface area (Å²) in [5, 5.41) is 0. The quantitative estimate of drug-likeness (QED) is 0.492. The van der Waals surface area contributed by atoms with E-state index in [1.54, 1.807) is 0 Å². The summed E-state index contributed by atoms with van der Waals surface area (Å²) < 4.78 is 5.67. The Morgan fingerprint density at radius 3 is 2.19 bits per heavy atom. The number of hydrogen-bond acceptors (Lipinski definition) is 3. The fraction of sp³-hybridized carbons (Fsp3) is 0.739. The zero-order valence-corrected chi connectivity index (χ0v) is 17.4. The van der Waals surface area contributed by atoms with Gasteiger partial charge in [-0.15, -0.1) is 0 Å². The number of rotatable bonds is 12. The lowest BCUT2D eigenvalue weighted by molar-refractivity contribution is 0.0957. The topological polar surface area (TPSA) is 15.7 Å². The van der Waals surface area contributed by atoms with E-state index in [2.05, 4.69) is 54.8 Å². The molecule has 1 aromatic rings. The standard InChI is InChI=1S/C23H40N2O/c1-4-6-18-26-19-7-13-24-14-16-25(17-15-24)20-22-9-11-23(12-10-22)21(3)8-5-2/h9-12,21H,4-8,13-20H2,1-3H3. The van der Waals surface area contributed by atoms with E-state index < -0.39 is 0 Å². The van der Waals surface area contributed by atoms with E-state index in [1.165, 1.54) is 76.0 Å². The van der Waals surface area contributed by atoms with Crippen LogP contribution in [0.15, 0.2) is 24.3 Å². The van der Waals surface area contributed by atoms with Crippen LogP contribution in [0, 0.1) is 0 Å². The van der Waals surface area contributed by atoms with Crippen molar-refractivity contribution in [2.75, 3.05) is 45.9 Å². The summed E-state index contributed by atoms with van der Waals surface area (Å²) in [7, 11) is 0. The van der Waals surface area contributed by atoms with Crippen LogP contribution in [0.5, 0.6) is 0 Å². The molecule has 0 aliphatic carbocycles. The van der Waals surface area contributed by atoms with Gasteiger partial charge < -0.3 is 9.64 Å². The lowest BCUT2D eigenvalue weighted by Gasteiger charge is -2.34. The smallest absolute Gasteiger partial charge is 0.0478 e. The minimum atomic E-state index is 0.684. The normalized spacial score (nSPS) is 17.5. The van der Waals surface area contributed by atoms with Gasteiger partial charge in [0.05, 0.1) is 0 Å². The molecule has 2 rings (SSSR count). The Kier molecular flexibility index (Phi) is 10.3. The number of hydrogen-bond donors (Lipinski definition) is 0. The molecule has 26 heavy (non-hydrogen) atoms. The number of ether oxygens (including phenoxy) is 1. The van der Waals surface area contributed by atoms with Crippen LogP contribution in [0.25, 0.3) is 0 Å². The van der Waals surface area contributed by atoms with Crippen molar-refractivity contribution in [1.82, 2.24) is 9.80 Å². The van der Waals surface area contributed by atoms with Gasteiger partial charge in [-0.05, 0) is 36.3 Å². The predicted octanol–water partition coefficient (Wildman–Crippen LogP) is 4.91. The largest absolute Gasteiger partial charge is 0.381 e. The molecule has 1 fully saturated rings. The summed E-state index contributed by atoms with van der Waals surface area (Å²) >= 11 is 0. The summed E-state index contributed by atoms with van der Waals surface area (Å²) in [6, 6.07) is 9.35. The second kappa shape index (κ2) is 12.5. The molecule has 3 nitrogen and oxygen atoms in total. The second-order valence-electron chi connectivity index (χ2n) is 7.87. The number of unbranched alkanes of at least 4 members (excludes halogenated alkanes) is 1. The van der Waals surface area contributed by atoms with Gasteiger partial charge >= 0.3 is 0 Å². The van der Waals surface area contributed by atoms with Crippen LogP contribution in [-0.4, -0.2) is 55.7 Å². The van der Waals surface area contributed by atoms with Crippen molar-refractivity contribution in [1.29, 1.82) is 0 Å². The molecule has 1 aliphatic rings. The highest BCUT2D eigenvalue weighted by molar-refractivity contribution is 5.25. The molecule has 148 valence electrons. The molecule has 1 aliphatic heterocycles. The summed E-state index contributed by atoms with van der Waals surface area (Å²) in [6.07, 6.45) is 6.13. The first-order chi connectivity index (χ1) is 12.7. The van der Waals surface area contributed by atoms with E-state index in [0.717, 1.165) is 19.8 Å². The summed E-state index contributed by atoms with van der Waals surface area (Å²) in [5.74, 6) is 0.684. The van der Waals surface area contributed by atoms with Crippen LogP contribution in [0.2, 0.25) is 0 Å². The first-order valence-corrected chi connectivity index (χ1v) is 10.8. The van der Waals surface area contributed by atoms with E-state index in [-0.39, 0.29) is 0 Å². The molecule has 1 aromatic carbocycles. The molecule has 0 saturated carbocycles. The number of nitrogens with zero attached hydrogens (tertiary/aromatic N) is 2. The molecule has 0 amide bonds. The summed E-state index contributed by atoms with van der Waals surface area (Å²) in [6.45, 7) is 15.7. The Morgan fingerprint density at radius 2 is 1.54 bits per heavy atom. The average Bonchev–Trinajstić information content (AvgIpc) is 2.66. The zero-order valence-electron chi connectivity index (χ0n) is 17.4. The second-order valence-corrected chi connectivity index (χ2v) is 7.87. The molecule has 0 radical (unpaired) electrons. The Bertz CT molecular complexity index is 466. The Hall–Kier alpha value is -0.900. The highest BCUT2D eigenvalue weighted by Gasteiger charge is 2.16. The molecule has 0 N–H and O–H groups in total. The van der Waals surface area contributed by atoms with Crippen molar-refractivity contribution < 1.29 is 4.74 Å². The zero-order chi connectivity index (χ0) is 18.6. The van der Waals surface area contributed by atoms with E-state index in [0.29, 0.717) is 5.92 Å². The molecular weight excluding hydrogens is 320 g/mol. The minimum Gasteiger partial charge on any atom is -0.381 e. The van der Waals surface area contributed by atoms with Crippen molar-refractivity contribution >= 4 is 0 Å². The number of piperazine rings is 1.